The first-order chi connectivity index (χ1) is 7.88. The number of rotatable bonds is 5. The summed E-state index contributed by atoms with van der Waals surface area (Å²) in [6, 6.07) is 8.31. The Bertz CT molecular complexity index is 318. The predicted molar refractivity (Wildman–Crippen MR) is 66.7 cm³/mol. The van der Waals surface area contributed by atoms with Crippen molar-refractivity contribution >= 4 is 0 Å². The molecule has 0 atom stereocenters. The lowest BCUT2D eigenvalue weighted by molar-refractivity contribution is 0.252. The summed E-state index contributed by atoms with van der Waals surface area (Å²) in [5.74, 6) is 1.77. The molecule has 1 fully saturated rings. The molecule has 2 heteroatoms. The van der Waals surface area contributed by atoms with Gasteiger partial charge in [0.1, 0.15) is 5.75 Å². The van der Waals surface area contributed by atoms with Crippen LogP contribution >= 0.6 is 0 Å². The summed E-state index contributed by atoms with van der Waals surface area (Å²) in [6.07, 6.45) is 6.36. The van der Waals surface area contributed by atoms with E-state index >= 15 is 0 Å². The zero-order chi connectivity index (χ0) is 11.2. The normalized spacial score (nSPS) is 16.6. The minimum atomic E-state index is 0.700. The van der Waals surface area contributed by atoms with Crippen molar-refractivity contribution in [3.63, 3.8) is 0 Å². The first kappa shape index (κ1) is 11.5. The number of ether oxygens (including phenoxy) is 1. The summed E-state index contributed by atoms with van der Waals surface area (Å²) in [7, 11) is 0. The van der Waals surface area contributed by atoms with Crippen LogP contribution in [-0.4, -0.2) is 13.2 Å². The number of hydrogen-bond donors (Lipinski definition) is 1. The molecule has 0 unspecified atom stereocenters. The highest BCUT2D eigenvalue weighted by Crippen LogP contribution is 2.25. The average molecular weight is 219 g/mol. The van der Waals surface area contributed by atoms with Crippen molar-refractivity contribution in [2.45, 2.75) is 32.1 Å². The molecule has 0 radical (unpaired) electrons. The van der Waals surface area contributed by atoms with Crippen LogP contribution in [0, 0.1) is 5.92 Å². The lowest BCUT2D eigenvalue weighted by Crippen LogP contribution is -2.08. The van der Waals surface area contributed by atoms with Crippen molar-refractivity contribution in [2.24, 2.45) is 11.7 Å². The van der Waals surface area contributed by atoms with E-state index in [1.807, 2.05) is 6.07 Å². The first-order valence-corrected chi connectivity index (χ1v) is 6.30. The number of hydrogen-bond acceptors (Lipinski definition) is 2. The molecule has 0 spiro atoms. The van der Waals surface area contributed by atoms with Crippen LogP contribution in [0.25, 0.3) is 0 Å². The molecule has 0 aromatic heterocycles. The molecule has 0 aliphatic heterocycles. The van der Waals surface area contributed by atoms with E-state index in [1.165, 1.54) is 31.2 Å². The summed E-state index contributed by atoms with van der Waals surface area (Å²) in [5.41, 5.74) is 6.81. The largest absolute Gasteiger partial charge is 0.493 e. The van der Waals surface area contributed by atoms with Gasteiger partial charge < -0.3 is 10.5 Å². The molecule has 1 aliphatic rings. The van der Waals surface area contributed by atoms with Crippen LogP contribution in [0.4, 0.5) is 0 Å². The topological polar surface area (TPSA) is 35.2 Å². The van der Waals surface area contributed by atoms with Gasteiger partial charge in [-0.1, -0.05) is 25.0 Å². The van der Waals surface area contributed by atoms with Gasteiger partial charge in [-0.05, 0) is 49.4 Å². The Kier molecular flexibility index (Phi) is 4.23. The minimum absolute atomic E-state index is 0.700. The Hall–Kier alpha value is -1.02. The Morgan fingerprint density at radius 2 is 2.06 bits per heavy atom. The molecule has 0 saturated heterocycles. The second-order valence-corrected chi connectivity index (χ2v) is 4.65. The predicted octanol–water partition coefficient (Wildman–Crippen LogP) is 2.76. The van der Waals surface area contributed by atoms with E-state index in [0.29, 0.717) is 6.54 Å². The highest BCUT2D eigenvalue weighted by molar-refractivity contribution is 5.28. The molecule has 88 valence electrons. The highest BCUT2D eigenvalue weighted by atomic mass is 16.5. The van der Waals surface area contributed by atoms with Gasteiger partial charge >= 0.3 is 0 Å². The molecule has 0 amide bonds. The van der Waals surface area contributed by atoms with Gasteiger partial charge in [0.25, 0.3) is 0 Å². The molecule has 0 heterocycles. The summed E-state index contributed by atoms with van der Waals surface area (Å²) >= 11 is 0. The molecule has 2 nitrogen and oxygen atoms in total. The van der Waals surface area contributed by atoms with E-state index in [9.17, 15) is 0 Å². The van der Waals surface area contributed by atoms with Gasteiger partial charge in [-0.25, -0.2) is 0 Å². The zero-order valence-electron chi connectivity index (χ0n) is 9.82. The molecule has 2 N–H and O–H groups in total. The SMILES string of the molecule is NCCc1cccc(OCC2CCCC2)c1. The third-order valence-corrected chi connectivity index (χ3v) is 3.29. The molecule has 16 heavy (non-hydrogen) atoms. The lowest BCUT2D eigenvalue weighted by Gasteiger charge is -2.12. The fourth-order valence-electron chi connectivity index (χ4n) is 2.35. The van der Waals surface area contributed by atoms with Crippen LogP contribution in [-0.2, 0) is 6.42 Å². The molecule has 1 aromatic rings. The summed E-state index contributed by atoms with van der Waals surface area (Å²) in [5, 5.41) is 0. The van der Waals surface area contributed by atoms with Gasteiger partial charge in [-0.15, -0.1) is 0 Å². The van der Waals surface area contributed by atoms with Crippen LogP contribution < -0.4 is 10.5 Å². The van der Waals surface area contributed by atoms with Crippen molar-refractivity contribution in [1.82, 2.24) is 0 Å². The van der Waals surface area contributed by atoms with Gasteiger partial charge in [0, 0.05) is 0 Å². The molecule has 1 aromatic carbocycles. The standard InChI is InChI=1S/C14H21NO/c15-9-8-12-6-3-7-14(10-12)16-11-13-4-1-2-5-13/h3,6-7,10,13H,1-2,4-5,8-9,11,15H2. The second-order valence-electron chi connectivity index (χ2n) is 4.65. The van der Waals surface area contributed by atoms with Gasteiger partial charge in [0.15, 0.2) is 0 Å². The second kappa shape index (κ2) is 5.90. The average Bonchev–Trinajstić information content (AvgIpc) is 2.80. The van der Waals surface area contributed by atoms with Crippen LogP contribution in [0.2, 0.25) is 0 Å². The summed E-state index contributed by atoms with van der Waals surface area (Å²) < 4.78 is 5.84. The molecular weight excluding hydrogens is 198 g/mol. The summed E-state index contributed by atoms with van der Waals surface area (Å²) in [4.78, 5) is 0. The minimum Gasteiger partial charge on any atom is -0.493 e. The Morgan fingerprint density at radius 3 is 2.81 bits per heavy atom. The molecule has 0 bridgehead atoms. The van der Waals surface area contributed by atoms with Crippen LogP contribution in [0.3, 0.4) is 0 Å². The van der Waals surface area contributed by atoms with Gasteiger partial charge in [-0.3, -0.25) is 0 Å². The van der Waals surface area contributed by atoms with Crippen LogP contribution in [0.5, 0.6) is 5.75 Å². The fraction of sp³-hybridized carbons (Fsp3) is 0.571. The van der Waals surface area contributed by atoms with Crippen LogP contribution in [0.1, 0.15) is 31.2 Å². The molecule has 1 aliphatic carbocycles. The maximum atomic E-state index is 5.84. The van der Waals surface area contributed by atoms with Crippen molar-refractivity contribution in [2.75, 3.05) is 13.2 Å². The number of benzene rings is 1. The van der Waals surface area contributed by atoms with Crippen molar-refractivity contribution in [3.05, 3.63) is 29.8 Å². The maximum absolute atomic E-state index is 5.84. The quantitative estimate of drug-likeness (QED) is 0.826. The Balaban J connectivity index is 1.85. The Morgan fingerprint density at radius 1 is 1.25 bits per heavy atom. The van der Waals surface area contributed by atoms with E-state index < -0.39 is 0 Å². The van der Waals surface area contributed by atoms with E-state index in [0.717, 1.165) is 24.7 Å². The third kappa shape index (κ3) is 3.24. The van der Waals surface area contributed by atoms with E-state index in [1.54, 1.807) is 0 Å². The van der Waals surface area contributed by atoms with Gasteiger partial charge in [0.2, 0.25) is 0 Å². The smallest absolute Gasteiger partial charge is 0.119 e. The first-order valence-electron chi connectivity index (χ1n) is 6.30. The van der Waals surface area contributed by atoms with Crippen molar-refractivity contribution in [1.29, 1.82) is 0 Å². The lowest BCUT2D eigenvalue weighted by atomic mass is 10.1. The molecule has 2 rings (SSSR count). The molecule has 1 saturated carbocycles. The highest BCUT2D eigenvalue weighted by Gasteiger charge is 2.15. The monoisotopic (exact) mass is 219 g/mol. The summed E-state index contributed by atoms with van der Waals surface area (Å²) in [6.45, 7) is 1.58. The fourth-order valence-corrected chi connectivity index (χ4v) is 2.35. The van der Waals surface area contributed by atoms with E-state index in [-0.39, 0.29) is 0 Å². The van der Waals surface area contributed by atoms with Crippen molar-refractivity contribution < 1.29 is 4.74 Å². The van der Waals surface area contributed by atoms with Crippen LogP contribution in [0.15, 0.2) is 24.3 Å². The third-order valence-electron chi connectivity index (χ3n) is 3.29. The molecular formula is C14H21NO. The Labute approximate surface area is 97.8 Å². The maximum Gasteiger partial charge on any atom is 0.119 e. The zero-order valence-corrected chi connectivity index (χ0v) is 9.82. The van der Waals surface area contributed by atoms with E-state index in [2.05, 4.69) is 18.2 Å². The van der Waals surface area contributed by atoms with Crippen molar-refractivity contribution in [3.8, 4) is 5.75 Å². The van der Waals surface area contributed by atoms with Gasteiger partial charge in [-0.2, -0.15) is 0 Å². The van der Waals surface area contributed by atoms with Gasteiger partial charge in [0.05, 0.1) is 6.61 Å². The van der Waals surface area contributed by atoms with E-state index in [4.69, 9.17) is 10.5 Å². The number of nitrogens with two attached hydrogens (primary N) is 1.